The van der Waals surface area contributed by atoms with Crippen LogP contribution in [0.4, 0.5) is 0 Å². The highest BCUT2D eigenvalue weighted by atomic mass is 32.2. The zero-order valence-electron chi connectivity index (χ0n) is 17.2. The molecule has 0 saturated heterocycles. The van der Waals surface area contributed by atoms with E-state index in [9.17, 15) is 0 Å². The van der Waals surface area contributed by atoms with Crippen LogP contribution in [0.5, 0.6) is 0 Å². The van der Waals surface area contributed by atoms with Crippen LogP contribution in [-0.4, -0.2) is 16.7 Å². The fourth-order valence-corrected chi connectivity index (χ4v) is 4.02. The lowest BCUT2D eigenvalue weighted by atomic mass is 10.1. The topological polar surface area (TPSA) is 9.23 Å². The maximum Gasteiger partial charge on any atom is 0.219 e. The molecule has 0 aromatic heterocycles. The summed E-state index contributed by atoms with van der Waals surface area (Å²) in [6.45, 7) is 5.37. The summed E-state index contributed by atoms with van der Waals surface area (Å²) in [6.07, 6.45) is 23.2. The van der Waals surface area contributed by atoms with Crippen molar-refractivity contribution in [3.05, 3.63) is 0 Å². The van der Waals surface area contributed by atoms with E-state index in [4.69, 9.17) is 17.0 Å². The normalized spacial score (nSPS) is 11.0. The molecule has 0 bridgehead atoms. The van der Waals surface area contributed by atoms with Crippen molar-refractivity contribution in [2.24, 2.45) is 0 Å². The molecule has 150 valence electrons. The van der Waals surface area contributed by atoms with E-state index in [0.29, 0.717) is 0 Å². The maximum absolute atomic E-state index is 5.66. The summed E-state index contributed by atoms with van der Waals surface area (Å²) >= 11 is 7.03. The van der Waals surface area contributed by atoms with E-state index in [-0.39, 0.29) is 0 Å². The van der Waals surface area contributed by atoms with Crippen LogP contribution in [0.1, 0.15) is 123 Å². The van der Waals surface area contributed by atoms with Gasteiger partial charge in [0.2, 0.25) is 4.38 Å². The van der Waals surface area contributed by atoms with E-state index in [0.717, 1.165) is 23.2 Å². The van der Waals surface area contributed by atoms with Crippen LogP contribution < -0.4 is 0 Å². The SMILES string of the molecule is CCCCCCCCCCCCCOC(=S)SCCCCCCCC. The van der Waals surface area contributed by atoms with Gasteiger partial charge in [0.15, 0.2) is 0 Å². The van der Waals surface area contributed by atoms with Gasteiger partial charge in [-0.05, 0) is 25.1 Å². The lowest BCUT2D eigenvalue weighted by Crippen LogP contribution is -2.00. The Bertz CT molecular complexity index is 269. The zero-order chi connectivity index (χ0) is 18.4. The van der Waals surface area contributed by atoms with Crippen molar-refractivity contribution in [1.29, 1.82) is 0 Å². The van der Waals surface area contributed by atoms with E-state index in [1.54, 1.807) is 11.8 Å². The Hall–Kier alpha value is 0.240. The summed E-state index contributed by atoms with van der Waals surface area (Å²) < 4.78 is 6.43. The van der Waals surface area contributed by atoms with Gasteiger partial charge < -0.3 is 4.74 Å². The molecule has 0 aromatic rings. The largest absolute Gasteiger partial charge is 0.479 e. The van der Waals surface area contributed by atoms with Gasteiger partial charge in [0, 0.05) is 5.75 Å². The van der Waals surface area contributed by atoms with Crippen LogP contribution in [0.3, 0.4) is 0 Å². The molecule has 0 fully saturated rings. The Balaban J connectivity index is 3.12. The van der Waals surface area contributed by atoms with Crippen molar-refractivity contribution in [3.63, 3.8) is 0 Å². The molecule has 0 aliphatic carbocycles. The lowest BCUT2D eigenvalue weighted by Gasteiger charge is -2.07. The number of unbranched alkanes of at least 4 members (excludes halogenated alkanes) is 15. The molecule has 0 aliphatic rings. The molecule has 0 heterocycles. The van der Waals surface area contributed by atoms with E-state index < -0.39 is 0 Å². The standard InChI is InChI=1S/C22H44OS2/c1-3-5-7-9-11-12-13-14-15-16-18-20-23-22(24)25-21-19-17-10-8-6-4-2/h3-21H2,1-2H3. The second-order valence-corrected chi connectivity index (χ2v) is 8.95. The van der Waals surface area contributed by atoms with Gasteiger partial charge in [-0.25, -0.2) is 0 Å². The van der Waals surface area contributed by atoms with E-state index in [1.165, 1.54) is 103 Å². The summed E-state index contributed by atoms with van der Waals surface area (Å²) in [5.41, 5.74) is 0. The Labute approximate surface area is 168 Å². The molecule has 3 heteroatoms. The second-order valence-electron chi connectivity index (χ2n) is 7.25. The molecule has 0 rings (SSSR count). The number of hydrogen-bond acceptors (Lipinski definition) is 3. The average Bonchev–Trinajstić information content (AvgIpc) is 2.62. The quantitative estimate of drug-likeness (QED) is 0.162. The Morgan fingerprint density at radius 2 is 1.00 bits per heavy atom. The summed E-state index contributed by atoms with van der Waals surface area (Å²) in [6, 6.07) is 0. The maximum atomic E-state index is 5.66. The van der Waals surface area contributed by atoms with Gasteiger partial charge in [0.1, 0.15) is 0 Å². The minimum absolute atomic E-state index is 0.764. The van der Waals surface area contributed by atoms with Crippen molar-refractivity contribution in [1.82, 2.24) is 0 Å². The molecule has 25 heavy (non-hydrogen) atoms. The molecule has 0 amide bonds. The van der Waals surface area contributed by atoms with Crippen LogP contribution in [-0.2, 0) is 4.74 Å². The number of rotatable bonds is 19. The highest BCUT2D eigenvalue weighted by molar-refractivity contribution is 8.22. The first-order chi connectivity index (χ1) is 12.3. The minimum atomic E-state index is 0.764. The van der Waals surface area contributed by atoms with E-state index in [2.05, 4.69) is 13.8 Å². The highest BCUT2D eigenvalue weighted by Crippen LogP contribution is 2.14. The van der Waals surface area contributed by atoms with Crippen LogP contribution in [0.15, 0.2) is 0 Å². The Kier molecular flexibility index (Phi) is 22.5. The van der Waals surface area contributed by atoms with Gasteiger partial charge in [0.25, 0.3) is 0 Å². The first-order valence-corrected chi connectivity index (χ1v) is 12.5. The van der Waals surface area contributed by atoms with Crippen molar-refractivity contribution in [2.45, 2.75) is 123 Å². The van der Waals surface area contributed by atoms with E-state index in [1.807, 2.05) is 0 Å². The number of hydrogen-bond donors (Lipinski definition) is 0. The van der Waals surface area contributed by atoms with Crippen molar-refractivity contribution in [3.8, 4) is 0 Å². The molecule has 0 atom stereocenters. The Morgan fingerprint density at radius 1 is 0.600 bits per heavy atom. The first kappa shape index (κ1) is 25.2. The van der Waals surface area contributed by atoms with Crippen molar-refractivity contribution < 1.29 is 4.74 Å². The fraction of sp³-hybridized carbons (Fsp3) is 0.955. The molecule has 0 radical (unpaired) electrons. The van der Waals surface area contributed by atoms with Crippen LogP contribution in [0, 0.1) is 0 Å². The molecule has 1 nitrogen and oxygen atoms in total. The third kappa shape index (κ3) is 22.2. The summed E-state index contributed by atoms with van der Waals surface area (Å²) in [5, 5.41) is 0. The Morgan fingerprint density at radius 3 is 1.48 bits per heavy atom. The summed E-state index contributed by atoms with van der Waals surface area (Å²) in [4.78, 5) is 0. The van der Waals surface area contributed by atoms with Gasteiger partial charge in [-0.2, -0.15) is 0 Å². The van der Waals surface area contributed by atoms with Crippen LogP contribution >= 0.6 is 24.0 Å². The van der Waals surface area contributed by atoms with Crippen molar-refractivity contribution in [2.75, 3.05) is 12.4 Å². The van der Waals surface area contributed by atoms with Gasteiger partial charge in [-0.15, -0.1) is 0 Å². The third-order valence-electron chi connectivity index (χ3n) is 4.69. The molecular weight excluding hydrogens is 344 g/mol. The molecule has 0 aliphatic heterocycles. The highest BCUT2D eigenvalue weighted by Gasteiger charge is 1.99. The van der Waals surface area contributed by atoms with Gasteiger partial charge >= 0.3 is 0 Å². The second kappa shape index (κ2) is 22.3. The minimum Gasteiger partial charge on any atom is -0.479 e. The average molecular weight is 389 g/mol. The summed E-state index contributed by atoms with van der Waals surface area (Å²) in [5.74, 6) is 1.13. The molecule has 0 spiro atoms. The zero-order valence-corrected chi connectivity index (χ0v) is 18.8. The first-order valence-electron chi connectivity index (χ1n) is 11.1. The molecule has 0 saturated carbocycles. The van der Waals surface area contributed by atoms with Gasteiger partial charge in [-0.3, -0.25) is 0 Å². The van der Waals surface area contributed by atoms with Gasteiger partial charge in [-0.1, -0.05) is 122 Å². The van der Waals surface area contributed by atoms with Gasteiger partial charge in [0.05, 0.1) is 6.61 Å². The predicted octanol–water partition coefficient (Wildman–Crippen LogP) is 8.69. The lowest BCUT2D eigenvalue weighted by molar-refractivity contribution is 0.307. The molecule has 0 aromatic carbocycles. The number of thiocarbonyl (C=S) groups is 1. The monoisotopic (exact) mass is 388 g/mol. The number of ether oxygens (including phenoxy) is 1. The molecule has 0 unspecified atom stereocenters. The molecular formula is C22H44OS2. The fourth-order valence-electron chi connectivity index (χ4n) is 3.00. The molecule has 0 N–H and O–H groups in total. The smallest absolute Gasteiger partial charge is 0.219 e. The van der Waals surface area contributed by atoms with Crippen LogP contribution in [0.25, 0.3) is 0 Å². The van der Waals surface area contributed by atoms with Crippen molar-refractivity contribution >= 4 is 28.4 Å². The third-order valence-corrected chi connectivity index (χ3v) is 6.00. The summed E-state index contributed by atoms with van der Waals surface area (Å²) in [7, 11) is 0. The number of thioether (sulfide) groups is 1. The predicted molar refractivity (Wildman–Crippen MR) is 121 cm³/mol. The van der Waals surface area contributed by atoms with E-state index >= 15 is 0 Å². The van der Waals surface area contributed by atoms with Crippen LogP contribution in [0.2, 0.25) is 0 Å².